The third-order valence-corrected chi connectivity index (χ3v) is 4.49. The van der Waals surface area contributed by atoms with Gasteiger partial charge in [-0.2, -0.15) is 11.8 Å². The zero-order chi connectivity index (χ0) is 12.3. The highest BCUT2D eigenvalue weighted by molar-refractivity contribution is 7.99. The van der Waals surface area contributed by atoms with Crippen molar-refractivity contribution in [3.8, 4) is 0 Å². The number of thioether (sulfide) groups is 1. The number of halogens is 1. The summed E-state index contributed by atoms with van der Waals surface area (Å²) < 4.78 is 13.1. The SMILES string of the molecule is O=C(O)c1ccc(F)cc1CSC1CCCC1. The lowest BCUT2D eigenvalue weighted by Crippen LogP contribution is -2.04. The van der Waals surface area contributed by atoms with Crippen LogP contribution in [0.5, 0.6) is 0 Å². The first-order valence-electron chi connectivity index (χ1n) is 5.80. The van der Waals surface area contributed by atoms with Crippen LogP contribution >= 0.6 is 11.8 Å². The minimum Gasteiger partial charge on any atom is -0.478 e. The van der Waals surface area contributed by atoms with Crippen LogP contribution in [0.4, 0.5) is 4.39 Å². The first-order chi connectivity index (χ1) is 8.16. The van der Waals surface area contributed by atoms with E-state index in [9.17, 15) is 9.18 Å². The van der Waals surface area contributed by atoms with Crippen molar-refractivity contribution in [1.82, 2.24) is 0 Å². The lowest BCUT2D eigenvalue weighted by atomic mass is 10.1. The van der Waals surface area contributed by atoms with E-state index in [0.29, 0.717) is 16.6 Å². The maximum atomic E-state index is 13.1. The largest absolute Gasteiger partial charge is 0.478 e. The monoisotopic (exact) mass is 254 g/mol. The molecule has 92 valence electrons. The van der Waals surface area contributed by atoms with Crippen molar-refractivity contribution in [3.05, 3.63) is 35.1 Å². The second kappa shape index (κ2) is 5.54. The minimum atomic E-state index is -0.980. The molecule has 0 atom stereocenters. The molecule has 0 bridgehead atoms. The molecule has 0 aliphatic heterocycles. The molecule has 0 unspecified atom stereocenters. The summed E-state index contributed by atoms with van der Waals surface area (Å²) in [5.74, 6) is -0.756. The Hall–Kier alpha value is -1.03. The number of aromatic carboxylic acids is 1. The van der Waals surface area contributed by atoms with Crippen molar-refractivity contribution in [3.63, 3.8) is 0 Å². The molecule has 1 aliphatic rings. The van der Waals surface area contributed by atoms with E-state index in [1.165, 1.54) is 43.9 Å². The van der Waals surface area contributed by atoms with Gasteiger partial charge in [0.2, 0.25) is 0 Å². The smallest absolute Gasteiger partial charge is 0.335 e. The molecule has 1 saturated carbocycles. The summed E-state index contributed by atoms with van der Waals surface area (Å²) in [7, 11) is 0. The maximum Gasteiger partial charge on any atom is 0.335 e. The predicted molar refractivity (Wildman–Crippen MR) is 66.9 cm³/mol. The van der Waals surface area contributed by atoms with Gasteiger partial charge < -0.3 is 5.11 Å². The molecule has 1 fully saturated rings. The van der Waals surface area contributed by atoms with Crippen LogP contribution in [0.3, 0.4) is 0 Å². The second-order valence-electron chi connectivity index (χ2n) is 4.32. The summed E-state index contributed by atoms with van der Waals surface area (Å²) in [6.07, 6.45) is 4.91. The zero-order valence-corrected chi connectivity index (χ0v) is 10.3. The summed E-state index contributed by atoms with van der Waals surface area (Å²) in [5.41, 5.74) is 0.811. The van der Waals surface area contributed by atoms with Gasteiger partial charge in [-0.3, -0.25) is 0 Å². The fraction of sp³-hybridized carbons (Fsp3) is 0.462. The lowest BCUT2D eigenvalue weighted by Gasteiger charge is -2.10. The number of hydrogen-bond acceptors (Lipinski definition) is 2. The molecule has 1 N–H and O–H groups in total. The molecule has 0 spiro atoms. The number of benzene rings is 1. The van der Waals surface area contributed by atoms with Gasteiger partial charge in [0.15, 0.2) is 0 Å². The van der Waals surface area contributed by atoms with Gasteiger partial charge in [-0.15, -0.1) is 0 Å². The van der Waals surface area contributed by atoms with Crippen LogP contribution in [0.2, 0.25) is 0 Å². The van der Waals surface area contributed by atoms with E-state index in [0.717, 1.165) is 0 Å². The fourth-order valence-electron chi connectivity index (χ4n) is 2.15. The Kier molecular flexibility index (Phi) is 4.05. The molecule has 4 heteroatoms. The summed E-state index contributed by atoms with van der Waals surface area (Å²) in [4.78, 5) is 11.0. The van der Waals surface area contributed by atoms with Crippen molar-refractivity contribution in [1.29, 1.82) is 0 Å². The molecule has 1 aliphatic carbocycles. The van der Waals surface area contributed by atoms with E-state index in [1.54, 1.807) is 11.8 Å². The summed E-state index contributed by atoms with van der Waals surface area (Å²) in [6, 6.07) is 3.89. The van der Waals surface area contributed by atoms with Gasteiger partial charge in [0.05, 0.1) is 5.56 Å². The number of rotatable bonds is 4. The van der Waals surface area contributed by atoms with Gasteiger partial charge in [-0.05, 0) is 36.6 Å². The Morgan fingerprint density at radius 2 is 2.12 bits per heavy atom. The molecule has 1 aromatic carbocycles. The molecule has 0 saturated heterocycles. The number of carbonyl (C=O) groups is 1. The average Bonchev–Trinajstić information content (AvgIpc) is 2.78. The Labute approximate surface area is 104 Å². The molecular weight excluding hydrogens is 239 g/mol. The summed E-state index contributed by atoms with van der Waals surface area (Å²) in [6.45, 7) is 0. The van der Waals surface area contributed by atoms with Gasteiger partial charge in [-0.25, -0.2) is 9.18 Å². The molecule has 0 heterocycles. The molecule has 0 amide bonds. The van der Waals surface area contributed by atoms with Crippen molar-refractivity contribution in [2.24, 2.45) is 0 Å². The predicted octanol–water partition coefficient (Wildman–Crippen LogP) is 3.70. The van der Waals surface area contributed by atoms with Crippen LogP contribution in [0, 0.1) is 5.82 Å². The Morgan fingerprint density at radius 3 is 2.76 bits per heavy atom. The third kappa shape index (κ3) is 3.22. The van der Waals surface area contributed by atoms with Crippen LogP contribution < -0.4 is 0 Å². The molecule has 17 heavy (non-hydrogen) atoms. The quantitative estimate of drug-likeness (QED) is 0.890. The first-order valence-corrected chi connectivity index (χ1v) is 6.85. The highest BCUT2D eigenvalue weighted by Crippen LogP contribution is 2.32. The molecule has 1 aromatic rings. The van der Waals surface area contributed by atoms with Gasteiger partial charge in [-0.1, -0.05) is 12.8 Å². The summed E-state index contributed by atoms with van der Waals surface area (Å²) >= 11 is 1.75. The number of hydrogen-bond donors (Lipinski definition) is 1. The highest BCUT2D eigenvalue weighted by atomic mass is 32.2. The fourth-order valence-corrected chi connectivity index (χ4v) is 3.47. The molecule has 0 radical (unpaired) electrons. The van der Waals surface area contributed by atoms with Crippen molar-refractivity contribution >= 4 is 17.7 Å². The van der Waals surface area contributed by atoms with Gasteiger partial charge in [0, 0.05) is 11.0 Å². The minimum absolute atomic E-state index is 0.219. The number of carboxylic acid groups (broad SMARTS) is 1. The zero-order valence-electron chi connectivity index (χ0n) is 9.49. The Bertz CT molecular complexity index is 414. The molecular formula is C13H15FO2S. The van der Waals surface area contributed by atoms with E-state index < -0.39 is 5.97 Å². The molecule has 2 nitrogen and oxygen atoms in total. The molecule has 0 aromatic heterocycles. The highest BCUT2D eigenvalue weighted by Gasteiger charge is 2.17. The Morgan fingerprint density at radius 1 is 1.41 bits per heavy atom. The van der Waals surface area contributed by atoms with Crippen LogP contribution in [-0.2, 0) is 5.75 Å². The van der Waals surface area contributed by atoms with E-state index in [-0.39, 0.29) is 11.4 Å². The lowest BCUT2D eigenvalue weighted by molar-refractivity contribution is 0.0696. The van der Waals surface area contributed by atoms with Crippen LogP contribution in [0.25, 0.3) is 0 Å². The van der Waals surface area contributed by atoms with E-state index in [4.69, 9.17) is 5.11 Å². The van der Waals surface area contributed by atoms with E-state index in [2.05, 4.69) is 0 Å². The van der Waals surface area contributed by atoms with E-state index >= 15 is 0 Å². The topological polar surface area (TPSA) is 37.3 Å². The van der Waals surface area contributed by atoms with Gasteiger partial charge in [0.25, 0.3) is 0 Å². The van der Waals surface area contributed by atoms with Crippen LogP contribution in [0.1, 0.15) is 41.6 Å². The first kappa shape index (κ1) is 12.4. The Balaban J connectivity index is 2.07. The van der Waals surface area contributed by atoms with Crippen LogP contribution in [0.15, 0.2) is 18.2 Å². The third-order valence-electron chi connectivity index (χ3n) is 3.07. The average molecular weight is 254 g/mol. The molecule has 2 rings (SSSR count). The van der Waals surface area contributed by atoms with Crippen molar-refractivity contribution < 1.29 is 14.3 Å². The number of carboxylic acids is 1. The normalized spacial score (nSPS) is 16.3. The standard InChI is InChI=1S/C13H15FO2S/c14-10-5-6-12(13(15)16)9(7-10)8-17-11-3-1-2-4-11/h5-7,11H,1-4,8H2,(H,15,16). The van der Waals surface area contributed by atoms with Crippen LogP contribution in [-0.4, -0.2) is 16.3 Å². The van der Waals surface area contributed by atoms with Crippen molar-refractivity contribution in [2.75, 3.05) is 0 Å². The second-order valence-corrected chi connectivity index (χ2v) is 5.61. The van der Waals surface area contributed by atoms with Gasteiger partial charge in [0.1, 0.15) is 5.82 Å². The van der Waals surface area contributed by atoms with Crippen molar-refractivity contribution in [2.45, 2.75) is 36.7 Å². The van der Waals surface area contributed by atoms with Gasteiger partial charge >= 0.3 is 5.97 Å². The summed E-state index contributed by atoms with van der Waals surface area (Å²) in [5, 5.41) is 9.63. The van der Waals surface area contributed by atoms with E-state index in [1.807, 2.05) is 0 Å². The maximum absolute atomic E-state index is 13.1.